The van der Waals surface area contributed by atoms with Crippen molar-refractivity contribution in [2.45, 2.75) is 13.0 Å². The molecule has 0 amide bonds. The van der Waals surface area contributed by atoms with E-state index in [9.17, 15) is 0 Å². The van der Waals surface area contributed by atoms with Crippen molar-refractivity contribution in [2.24, 2.45) is 0 Å². The predicted octanol–water partition coefficient (Wildman–Crippen LogP) is 2.80. The Labute approximate surface area is 119 Å². The topological polar surface area (TPSA) is 43.4 Å². The number of methoxy groups -OCH3 is 2. The van der Waals surface area contributed by atoms with Crippen LogP contribution in [0.4, 0.5) is 0 Å². The maximum Gasteiger partial charge on any atom is 0.127 e. The van der Waals surface area contributed by atoms with Crippen LogP contribution in [0.15, 0.2) is 42.7 Å². The fourth-order valence-electron chi connectivity index (χ4n) is 2.22. The van der Waals surface area contributed by atoms with Crippen molar-refractivity contribution in [3.8, 4) is 11.5 Å². The molecular formula is C16H20N2O2. The summed E-state index contributed by atoms with van der Waals surface area (Å²) in [6.45, 7) is 2.94. The third-order valence-electron chi connectivity index (χ3n) is 3.18. The quantitative estimate of drug-likeness (QED) is 0.878. The molecule has 0 aliphatic carbocycles. The summed E-state index contributed by atoms with van der Waals surface area (Å²) in [5.74, 6) is 1.59. The van der Waals surface area contributed by atoms with E-state index in [4.69, 9.17) is 9.47 Å². The molecule has 0 spiro atoms. The second-order valence-corrected chi connectivity index (χ2v) is 4.38. The summed E-state index contributed by atoms with van der Waals surface area (Å²) in [4.78, 5) is 4.20. The summed E-state index contributed by atoms with van der Waals surface area (Å²) in [6, 6.07) is 9.92. The number of ether oxygens (including phenoxy) is 2. The van der Waals surface area contributed by atoms with Crippen LogP contribution in [0.2, 0.25) is 0 Å². The smallest absolute Gasteiger partial charge is 0.127 e. The van der Waals surface area contributed by atoms with Crippen LogP contribution < -0.4 is 14.8 Å². The highest BCUT2D eigenvalue weighted by Gasteiger charge is 2.18. The largest absolute Gasteiger partial charge is 0.497 e. The molecule has 0 aliphatic rings. The molecule has 4 nitrogen and oxygen atoms in total. The second-order valence-electron chi connectivity index (χ2n) is 4.38. The lowest BCUT2D eigenvalue weighted by Gasteiger charge is -2.21. The normalized spacial score (nSPS) is 11.9. The summed E-state index contributed by atoms with van der Waals surface area (Å²) in [5, 5.41) is 3.47. The molecule has 0 saturated carbocycles. The fourth-order valence-corrected chi connectivity index (χ4v) is 2.22. The Bertz CT molecular complexity index is 543. The van der Waals surface area contributed by atoms with Crippen LogP contribution in [-0.4, -0.2) is 25.7 Å². The molecule has 2 rings (SSSR count). The van der Waals surface area contributed by atoms with Gasteiger partial charge in [0.15, 0.2) is 0 Å². The number of hydrogen-bond acceptors (Lipinski definition) is 4. The van der Waals surface area contributed by atoms with E-state index in [1.165, 1.54) is 0 Å². The molecule has 0 bridgehead atoms. The molecule has 106 valence electrons. The van der Waals surface area contributed by atoms with Crippen LogP contribution in [0.5, 0.6) is 11.5 Å². The zero-order valence-corrected chi connectivity index (χ0v) is 12.1. The molecule has 0 fully saturated rings. The van der Waals surface area contributed by atoms with Crippen molar-refractivity contribution in [2.75, 3.05) is 20.8 Å². The van der Waals surface area contributed by atoms with Crippen molar-refractivity contribution in [1.29, 1.82) is 0 Å². The molecule has 2 aromatic rings. The SMILES string of the molecule is CCNC(c1cccnc1)c1ccc(OC)cc1OC. The number of benzene rings is 1. The molecule has 0 aliphatic heterocycles. The average Bonchev–Trinajstić information content (AvgIpc) is 2.53. The first-order valence-corrected chi connectivity index (χ1v) is 6.65. The second kappa shape index (κ2) is 6.91. The Kier molecular flexibility index (Phi) is 4.96. The van der Waals surface area contributed by atoms with Gasteiger partial charge in [-0.3, -0.25) is 4.98 Å². The highest BCUT2D eigenvalue weighted by molar-refractivity contribution is 5.45. The lowest BCUT2D eigenvalue weighted by molar-refractivity contribution is 0.387. The number of hydrogen-bond donors (Lipinski definition) is 1. The molecule has 1 aromatic carbocycles. The highest BCUT2D eigenvalue weighted by atomic mass is 16.5. The minimum atomic E-state index is 0.0505. The molecule has 20 heavy (non-hydrogen) atoms. The number of pyridine rings is 1. The monoisotopic (exact) mass is 272 g/mol. The summed E-state index contributed by atoms with van der Waals surface area (Å²) in [5.41, 5.74) is 2.18. The van der Waals surface area contributed by atoms with E-state index in [2.05, 4.69) is 23.3 Å². The maximum atomic E-state index is 5.50. The van der Waals surface area contributed by atoms with Gasteiger partial charge in [-0.1, -0.05) is 13.0 Å². The van der Waals surface area contributed by atoms with Crippen LogP contribution in [0, 0.1) is 0 Å². The van der Waals surface area contributed by atoms with Gasteiger partial charge in [0.25, 0.3) is 0 Å². The van der Waals surface area contributed by atoms with Crippen LogP contribution in [-0.2, 0) is 0 Å². The summed E-state index contributed by atoms with van der Waals surface area (Å²) < 4.78 is 10.7. The van der Waals surface area contributed by atoms with Gasteiger partial charge in [-0.25, -0.2) is 0 Å². The van der Waals surface area contributed by atoms with Gasteiger partial charge < -0.3 is 14.8 Å². The van der Waals surface area contributed by atoms with E-state index >= 15 is 0 Å². The van der Waals surface area contributed by atoms with Crippen LogP contribution in [0.3, 0.4) is 0 Å². The molecule has 0 radical (unpaired) electrons. The first kappa shape index (κ1) is 14.3. The number of rotatable bonds is 6. The maximum absolute atomic E-state index is 5.50. The predicted molar refractivity (Wildman–Crippen MR) is 79.3 cm³/mol. The van der Waals surface area contributed by atoms with Gasteiger partial charge in [-0.15, -0.1) is 0 Å². The lowest BCUT2D eigenvalue weighted by atomic mass is 9.99. The highest BCUT2D eigenvalue weighted by Crippen LogP contribution is 2.32. The van der Waals surface area contributed by atoms with E-state index in [-0.39, 0.29) is 6.04 Å². The molecule has 1 atom stereocenters. The van der Waals surface area contributed by atoms with Gasteiger partial charge in [0.05, 0.1) is 20.3 Å². The molecule has 4 heteroatoms. The lowest BCUT2D eigenvalue weighted by Crippen LogP contribution is -2.22. The van der Waals surface area contributed by atoms with E-state index in [0.717, 1.165) is 29.2 Å². The minimum Gasteiger partial charge on any atom is -0.497 e. The molecule has 1 heterocycles. The van der Waals surface area contributed by atoms with Crippen molar-refractivity contribution >= 4 is 0 Å². The van der Waals surface area contributed by atoms with E-state index in [1.807, 2.05) is 30.5 Å². The van der Waals surface area contributed by atoms with Gasteiger partial charge in [0.1, 0.15) is 11.5 Å². The van der Waals surface area contributed by atoms with Crippen molar-refractivity contribution in [3.05, 3.63) is 53.9 Å². The zero-order chi connectivity index (χ0) is 14.4. The average molecular weight is 272 g/mol. The summed E-state index contributed by atoms with van der Waals surface area (Å²) in [7, 11) is 3.32. The number of nitrogens with zero attached hydrogens (tertiary/aromatic N) is 1. The Morgan fingerprint density at radius 2 is 2.05 bits per heavy atom. The van der Waals surface area contributed by atoms with Crippen LogP contribution in [0.1, 0.15) is 24.1 Å². The third kappa shape index (κ3) is 3.08. The molecule has 1 unspecified atom stereocenters. The van der Waals surface area contributed by atoms with E-state index in [0.29, 0.717) is 0 Å². The Morgan fingerprint density at radius 3 is 2.65 bits per heavy atom. The third-order valence-corrected chi connectivity index (χ3v) is 3.18. The summed E-state index contributed by atoms with van der Waals surface area (Å²) >= 11 is 0. The van der Waals surface area contributed by atoms with E-state index in [1.54, 1.807) is 20.4 Å². The zero-order valence-electron chi connectivity index (χ0n) is 12.1. The Morgan fingerprint density at radius 1 is 1.20 bits per heavy atom. The Hall–Kier alpha value is -2.07. The van der Waals surface area contributed by atoms with E-state index < -0.39 is 0 Å². The standard InChI is InChI=1S/C16H20N2O2/c1-4-18-16(12-6-5-9-17-11-12)14-8-7-13(19-2)10-15(14)20-3/h5-11,16,18H,4H2,1-3H3. The summed E-state index contributed by atoms with van der Waals surface area (Å²) in [6.07, 6.45) is 3.65. The van der Waals surface area contributed by atoms with Crippen LogP contribution >= 0.6 is 0 Å². The van der Waals surface area contributed by atoms with Crippen molar-refractivity contribution in [1.82, 2.24) is 10.3 Å². The van der Waals surface area contributed by atoms with Crippen LogP contribution in [0.25, 0.3) is 0 Å². The minimum absolute atomic E-state index is 0.0505. The number of aromatic nitrogens is 1. The molecule has 1 aromatic heterocycles. The Balaban J connectivity index is 2.44. The van der Waals surface area contributed by atoms with Gasteiger partial charge in [-0.05, 0) is 30.3 Å². The van der Waals surface area contributed by atoms with Crippen molar-refractivity contribution < 1.29 is 9.47 Å². The first-order chi connectivity index (χ1) is 9.80. The van der Waals surface area contributed by atoms with Gasteiger partial charge in [0, 0.05) is 24.0 Å². The molecule has 1 N–H and O–H groups in total. The van der Waals surface area contributed by atoms with Gasteiger partial charge in [-0.2, -0.15) is 0 Å². The fraction of sp³-hybridized carbons (Fsp3) is 0.312. The molecular weight excluding hydrogens is 252 g/mol. The number of nitrogens with one attached hydrogen (secondary N) is 1. The molecule has 0 saturated heterocycles. The van der Waals surface area contributed by atoms with Gasteiger partial charge in [0.2, 0.25) is 0 Å². The van der Waals surface area contributed by atoms with Crippen molar-refractivity contribution in [3.63, 3.8) is 0 Å². The first-order valence-electron chi connectivity index (χ1n) is 6.65. The van der Waals surface area contributed by atoms with Gasteiger partial charge >= 0.3 is 0 Å².